The third kappa shape index (κ3) is 3.54. The highest BCUT2D eigenvalue weighted by Crippen LogP contribution is 2.23. The van der Waals surface area contributed by atoms with Gasteiger partial charge in [-0.05, 0) is 35.7 Å². The van der Waals surface area contributed by atoms with Crippen LogP contribution in [0.2, 0.25) is 0 Å². The molecule has 134 valence electrons. The maximum atomic E-state index is 12.5. The number of anilines is 1. The van der Waals surface area contributed by atoms with E-state index in [0.717, 1.165) is 5.39 Å². The van der Waals surface area contributed by atoms with Gasteiger partial charge in [0.15, 0.2) is 0 Å². The maximum Gasteiger partial charge on any atom is 0.253 e. The Hall–Kier alpha value is -3.28. The predicted molar refractivity (Wildman–Crippen MR) is 101 cm³/mol. The first-order valence-electron chi connectivity index (χ1n) is 8.14. The molecule has 6 heteroatoms. The van der Waals surface area contributed by atoms with Gasteiger partial charge in [-0.25, -0.2) is 0 Å². The number of rotatable bonds is 5. The van der Waals surface area contributed by atoms with Crippen molar-refractivity contribution in [3.8, 4) is 11.5 Å². The Morgan fingerprint density at radius 2 is 1.77 bits per heavy atom. The number of carbonyl (C=O) groups excluding carboxylic acids is 1. The van der Waals surface area contributed by atoms with Gasteiger partial charge in [0.2, 0.25) is 5.91 Å². The molecule has 0 spiro atoms. The van der Waals surface area contributed by atoms with Crippen LogP contribution in [0.15, 0.2) is 53.3 Å². The molecule has 1 heterocycles. The summed E-state index contributed by atoms with van der Waals surface area (Å²) in [6.45, 7) is 1.64. The Morgan fingerprint density at radius 1 is 1.04 bits per heavy atom. The molecule has 0 aliphatic carbocycles. The number of hydrogen-bond acceptors (Lipinski definition) is 4. The summed E-state index contributed by atoms with van der Waals surface area (Å²) < 4.78 is 10.4. The van der Waals surface area contributed by atoms with Gasteiger partial charge < -0.3 is 19.4 Å². The van der Waals surface area contributed by atoms with Crippen LogP contribution in [0, 0.1) is 0 Å². The lowest BCUT2D eigenvalue weighted by atomic mass is 10.1. The first kappa shape index (κ1) is 17.5. The molecule has 0 radical (unpaired) electrons. The average molecular weight is 352 g/mol. The summed E-state index contributed by atoms with van der Waals surface area (Å²) in [4.78, 5) is 29.0. The standard InChI is InChI=1S/C20H20N2O4/c1-13(23)22(16-5-4-6-17(10-16)25-2)12-15-9-14-7-8-18(26-3)11-19(14)21-20(15)24/h4-11H,12H2,1-3H3,(H,21,24). The number of nitrogens with zero attached hydrogens (tertiary/aromatic N) is 1. The van der Waals surface area contributed by atoms with E-state index in [1.54, 1.807) is 49.5 Å². The van der Waals surface area contributed by atoms with E-state index in [1.165, 1.54) is 6.92 Å². The monoisotopic (exact) mass is 352 g/mol. The molecule has 1 N–H and O–H groups in total. The van der Waals surface area contributed by atoms with E-state index in [1.807, 2.05) is 18.2 Å². The number of aromatic amines is 1. The number of benzene rings is 2. The van der Waals surface area contributed by atoms with Crippen LogP contribution < -0.4 is 19.9 Å². The highest BCUT2D eigenvalue weighted by atomic mass is 16.5. The van der Waals surface area contributed by atoms with Crippen molar-refractivity contribution in [1.82, 2.24) is 4.98 Å². The number of aromatic nitrogens is 1. The number of nitrogens with one attached hydrogen (secondary N) is 1. The van der Waals surface area contributed by atoms with E-state index in [9.17, 15) is 9.59 Å². The molecular weight excluding hydrogens is 332 g/mol. The van der Waals surface area contributed by atoms with E-state index in [4.69, 9.17) is 9.47 Å². The third-order valence-corrected chi connectivity index (χ3v) is 4.20. The Morgan fingerprint density at radius 3 is 2.46 bits per heavy atom. The Bertz CT molecular complexity index is 1010. The van der Waals surface area contributed by atoms with Crippen molar-refractivity contribution < 1.29 is 14.3 Å². The number of carbonyl (C=O) groups is 1. The van der Waals surface area contributed by atoms with Crippen LogP contribution >= 0.6 is 0 Å². The molecule has 0 aliphatic heterocycles. The molecule has 3 aromatic rings. The minimum atomic E-state index is -0.236. The number of ether oxygens (including phenoxy) is 2. The van der Waals surface area contributed by atoms with Crippen molar-refractivity contribution in [2.75, 3.05) is 19.1 Å². The first-order valence-corrected chi connectivity index (χ1v) is 8.14. The maximum absolute atomic E-state index is 12.5. The summed E-state index contributed by atoms with van der Waals surface area (Å²) in [5, 5.41) is 0.870. The van der Waals surface area contributed by atoms with E-state index < -0.39 is 0 Å². The zero-order valence-corrected chi connectivity index (χ0v) is 14.9. The summed E-state index contributed by atoms with van der Waals surface area (Å²) in [6, 6.07) is 14.5. The zero-order chi connectivity index (χ0) is 18.7. The molecular formula is C20H20N2O4. The van der Waals surface area contributed by atoms with Crippen LogP contribution in [0.3, 0.4) is 0 Å². The van der Waals surface area contributed by atoms with E-state index >= 15 is 0 Å². The molecule has 0 saturated carbocycles. The van der Waals surface area contributed by atoms with Crippen LogP contribution in [-0.4, -0.2) is 25.1 Å². The minimum Gasteiger partial charge on any atom is -0.497 e. The van der Waals surface area contributed by atoms with Crippen LogP contribution in [0.4, 0.5) is 5.69 Å². The molecule has 26 heavy (non-hydrogen) atoms. The molecule has 0 aliphatic rings. The molecule has 0 saturated heterocycles. The summed E-state index contributed by atoms with van der Waals surface area (Å²) in [6.07, 6.45) is 0. The van der Waals surface area contributed by atoms with Gasteiger partial charge in [-0.2, -0.15) is 0 Å². The van der Waals surface area contributed by atoms with E-state index in [-0.39, 0.29) is 18.0 Å². The van der Waals surface area contributed by atoms with Crippen LogP contribution in [0.1, 0.15) is 12.5 Å². The summed E-state index contributed by atoms with van der Waals surface area (Å²) in [7, 11) is 3.14. The lowest BCUT2D eigenvalue weighted by Gasteiger charge is -2.21. The zero-order valence-electron chi connectivity index (χ0n) is 14.9. The summed E-state index contributed by atoms with van der Waals surface area (Å²) >= 11 is 0. The lowest BCUT2D eigenvalue weighted by Crippen LogP contribution is -2.30. The average Bonchev–Trinajstić information content (AvgIpc) is 2.65. The molecule has 0 atom stereocenters. The topological polar surface area (TPSA) is 71.6 Å². The summed E-state index contributed by atoms with van der Waals surface area (Å²) in [5.74, 6) is 1.16. The van der Waals surface area contributed by atoms with Gasteiger partial charge in [-0.15, -0.1) is 0 Å². The second-order valence-corrected chi connectivity index (χ2v) is 5.88. The van der Waals surface area contributed by atoms with Crippen LogP contribution in [0.5, 0.6) is 11.5 Å². The molecule has 0 unspecified atom stereocenters. The van der Waals surface area contributed by atoms with Crippen molar-refractivity contribution in [3.63, 3.8) is 0 Å². The molecule has 1 amide bonds. The van der Waals surface area contributed by atoms with E-state index in [2.05, 4.69) is 4.98 Å². The highest BCUT2D eigenvalue weighted by Gasteiger charge is 2.15. The van der Waals surface area contributed by atoms with Crippen molar-refractivity contribution >= 4 is 22.5 Å². The highest BCUT2D eigenvalue weighted by molar-refractivity contribution is 5.91. The molecule has 1 aromatic heterocycles. The largest absolute Gasteiger partial charge is 0.497 e. The van der Waals surface area contributed by atoms with Crippen molar-refractivity contribution in [2.45, 2.75) is 13.5 Å². The van der Waals surface area contributed by atoms with Gasteiger partial charge in [0, 0.05) is 30.3 Å². The fourth-order valence-corrected chi connectivity index (χ4v) is 2.80. The van der Waals surface area contributed by atoms with Crippen molar-refractivity contribution in [1.29, 1.82) is 0 Å². The fraction of sp³-hybridized carbons (Fsp3) is 0.200. The van der Waals surface area contributed by atoms with Gasteiger partial charge in [0.25, 0.3) is 5.56 Å². The number of hydrogen-bond donors (Lipinski definition) is 1. The molecule has 3 rings (SSSR count). The quantitative estimate of drug-likeness (QED) is 0.766. The molecule has 2 aromatic carbocycles. The predicted octanol–water partition coefficient (Wildman–Crippen LogP) is 3.10. The van der Waals surface area contributed by atoms with Gasteiger partial charge in [-0.3, -0.25) is 9.59 Å². The van der Waals surface area contributed by atoms with Gasteiger partial charge in [0.05, 0.1) is 26.3 Å². The minimum absolute atomic E-state index is 0.160. The van der Waals surface area contributed by atoms with Gasteiger partial charge >= 0.3 is 0 Å². The second-order valence-electron chi connectivity index (χ2n) is 5.88. The number of H-pyrrole nitrogens is 1. The smallest absolute Gasteiger partial charge is 0.253 e. The Kier molecular flexibility index (Phi) is 4.93. The first-order chi connectivity index (χ1) is 12.5. The number of fused-ring (bicyclic) bond motifs is 1. The SMILES string of the molecule is COc1cccc(N(Cc2cc3ccc(OC)cc3[nH]c2=O)C(C)=O)c1. The normalized spacial score (nSPS) is 10.6. The van der Waals surface area contributed by atoms with Crippen molar-refractivity contribution in [3.05, 3.63) is 64.4 Å². The van der Waals surface area contributed by atoms with Crippen LogP contribution in [-0.2, 0) is 11.3 Å². The molecule has 6 nitrogen and oxygen atoms in total. The van der Waals surface area contributed by atoms with E-state index in [0.29, 0.717) is 28.3 Å². The second kappa shape index (κ2) is 7.31. The molecule has 0 bridgehead atoms. The number of amides is 1. The van der Waals surface area contributed by atoms with Gasteiger partial charge in [0.1, 0.15) is 11.5 Å². The lowest BCUT2D eigenvalue weighted by molar-refractivity contribution is -0.116. The van der Waals surface area contributed by atoms with Crippen molar-refractivity contribution in [2.24, 2.45) is 0 Å². The fourth-order valence-electron chi connectivity index (χ4n) is 2.80. The number of pyridine rings is 1. The van der Waals surface area contributed by atoms with Gasteiger partial charge in [-0.1, -0.05) is 6.07 Å². The summed E-state index contributed by atoms with van der Waals surface area (Å²) in [5.41, 5.74) is 1.63. The third-order valence-electron chi connectivity index (χ3n) is 4.20. The Labute approximate surface area is 151 Å². The van der Waals surface area contributed by atoms with Crippen LogP contribution in [0.25, 0.3) is 10.9 Å². The Balaban J connectivity index is 2.00. The molecule has 0 fully saturated rings. The number of methoxy groups -OCH3 is 2.